The number of aryl methyl sites for hydroxylation is 1. The zero-order valence-electron chi connectivity index (χ0n) is 18.0. The van der Waals surface area contributed by atoms with Gasteiger partial charge in [0.05, 0.1) is 11.8 Å². The van der Waals surface area contributed by atoms with Gasteiger partial charge in [-0.1, -0.05) is 26.8 Å². The Labute approximate surface area is 176 Å². The van der Waals surface area contributed by atoms with Crippen LogP contribution in [0, 0.1) is 5.41 Å². The van der Waals surface area contributed by atoms with Gasteiger partial charge in [-0.2, -0.15) is 0 Å². The van der Waals surface area contributed by atoms with Gasteiger partial charge in [0.2, 0.25) is 5.88 Å². The second-order valence-electron chi connectivity index (χ2n) is 9.13. The summed E-state index contributed by atoms with van der Waals surface area (Å²) in [6.45, 7) is 8.25. The Balaban J connectivity index is 1.59. The quantitative estimate of drug-likeness (QED) is 0.599. The van der Waals surface area contributed by atoms with E-state index in [-0.39, 0.29) is 23.4 Å². The van der Waals surface area contributed by atoms with E-state index in [1.807, 2.05) is 19.1 Å². The van der Waals surface area contributed by atoms with Crippen LogP contribution in [0.1, 0.15) is 68.1 Å². The van der Waals surface area contributed by atoms with Crippen molar-refractivity contribution in [2.45, 2.75) is 59.0 Å². The third kappa shape index (κ3) is 4.03. The number of ether oxygens (including phenoxy) is 1. The van der Waals surface area contributed by atoms with Crippen LogP contribution in [0.15, 0.2) is 30.6 Å². The zero-order chi connectivity index (χ0) is 21.5. The van der Waals surface area contributed by atoms with Crippen LogP contribution in [0.5, 0.6) is 11.6 Å². The molecule has 2 atom stereocenters. The Kier molecular flexibility index (Phi) is 5.24. The van der Waals surface area contributed by atoms with Crippen molar-refractivity contribution in [1.82, 2.24) is 20.3 Å². The molecule has 1 aliphatic rings. The summed E-state index contributed by atoms with van der Waals surface area (Å²) in [6, 6.07) is 6.02. The molecule has 0 radical (unpaired) electrons. The van der Waals surface area contributed by atoms with Gasteiger partial charge in [-0.3, -0.25) is 4.79 Å². The van der Waals surface area contributed by atoms with Crippen molar-refractivity contribution in [2.24, 2.45) is 11.1 Å². The lowest BCUT2D eigenvalue weighted by Gasteiger charge is -2.27. The van der Waals surface area contributed by atoms with Crippen LogP contribution in [0.25, 0.3) is 11.2 Å². The van der Waals surface area contributed by atoms with Gasteiger partial charge in [0.1, 0.15) is 11.3 Å². The highest BCUT2D eigenvalue weighted by Crippen LogP contribution is 2.32. The maximum atomic E-state index is 12.8. The Morgan fingerprint density at radius 2 is 2.17 bits per heavy atom. The molecule has 0 spiro atoms. The number of benzene rings is 1. The van der Waals surface area contributed by atoms with Crippen LogP contribution in [-0.4, -0.2) is 26.9 Å². The third-order valence-electron chi connectivity index (χ3n) is 5.95. The van der Waals surface area contributed by atoms with E-state index < -0.39 is 0 Å². The van der Waals surface area contributed by atoms with Gasteiger partial charge in [-0.25, -0.2) is 9.97 Å². The summed E-state index contributed by atoms with van der Waals surface area (Å²) in [4.78, 5) is 24.7. The number of nitrogens with one attached hydrogen (secondary N) is 2. The molecule has 2 aromatic heterocycles. The van der Waals surface area contributed by atoms with Gasteiger partial charge in [0, 0.05) is 18.3 Å². The molecule has 4 rings (SSSR count). The summed E-state index contributed by atoms with van der Waals surface area (Å²) >= 11 is 0. The summed E-state index contributed by atoms with van der Waals surface area (Å²) in [6.07, 6.45) is 6.33. The number of hydrogen-bond donors (Lipinski definition) is 3. The fourth-order valence-corrected chi connectivity index (χ4v) is 3.59. The highest BCUT2D eigenvalue weighted by Gasteiger charge is 2.24. The second-order valence-corrected chi connectivity index (χ2v) is 9.13. The minimum atomic E-state index is -0.185. The summed E-state index contributed by atoms with van der Waals surface area (Å²) in [7, 11) is 0. The molecule has 7 heteroatoms. The van der Waals surface area contributed by atoms with Crippen molar-refractivity contribution in [1.29, 1.82) is 0 Å². The molecule has 0 saturated carbocycles. The Morgan fingerprint density at radius 1 is 1.37 bits per heavy atom. The first kappa shape index (κ1) is 20.3. The molecular weight excluding hydrogens is 378 g/mol. The van der Waals surface area contributed by atoms with Crippen molar-refractivity contribution >= 4 is 17.1 Å². The molecule has 1 aromatic carbocycles. The number of carbonyl (C=O) groups is 1. The van der Waals surface area contributed by atoms with Gasteiger partial charge in [-0.15, -0.1) is 0 Å². The van der Waals surface area contributed by atoms with Crippen LogP contribution < -0.4 is 15.8 Å². The first-order chi connectivity index (χ1) is 14.2. The van der Waals surface area contributed by atoms with Crippen LogP contribution in [0.4, 0.5) is 0 Å². The molecule has 0 fully saturated rings. The maximum absolute atomic E-state index is 12.8. The number of fused-ring (bicyclic) bond motifs is 2. The number of nitrogens with two attached hydrogens (primary N) is 1. The number of hydrogen-bond acceptors (Lipinski definition) is 5. The molecule has 0 bridgehead atoms. The molecule has 0 unspecified atom stereocenters. The predicted molar refractivity (Wildman–Crippen MR) is 117 cm³/mol. The largest absolute Gasteiger partial charge is 0.437 e. The van der Waals surface area contributed by atoms with Crippen molar-refractivity contribution in [3.8, 4) is 11.6 Å². The minimum Gasteiger partial charge on any atom is -0.437 e. The zero-order valence-corrected chi connectivity index (χ0v) is 18.0. The van der Waals surface area contributed by atoms with Gasteiger partial charge in [0.25, 0.3) is 5.91 Å². The summed E-state index contributed by atoms with van der Waals surface area (Å²) in [5, 5.41) is 3.04. The lowest BCUT2D eigenvalue weighted by Crippen LogP contribution is -2.41. The Hall–Kier alpha value is -2.93. The fraction of sp³-hybridized carbons (Fsp3) is 0.435. The molecular formula is C23H29N5O2. The van der Waals surface area contributed by atoms with Crippen LogP contribution >= 0.6 is 0 Å². The minimum absolute atomic E-state index is 0.00189. The lowest BCUT2D eigenvalue weighted by atomic mass is 9.88. The molecule has 158 valence electrons. The number of rotatable bonds is 4. The van der Waals surface area contributed by atoms with Gasteiger partial charge < -0.3 is 20.8 Å². The predicted octanol–water partition coefficient (Wildman–Crippen LogP) is 4.25. The summed E-state index contributed by atoms with van der Waals surface area (Å²) in [5.74, 6) is 0.821. The van der Waals surface area contributed by atoms with Gasteiger partial charge >= 0.3 is 0 Å². The van der Waals surface area contributed by atoms with E-state index in [2.05, 4.69) is 47.1 Å². The Morgan fingerprint density at radius 3 is 2.93 bits per heavy atom. The molecule has 0 aliphatic heterocycles. The van der Waals surface area contributed by atoms with E-state index in [1.165, 1.54) is 5.56 Å². The first-order valence-corrected chi connectivity index (χ1v) is 10.4. The standard InChI is InChI=1S/C23H29N5O2/c1-13(23(2,3)4)27-22(29)17-11-25-21-20(17)28-19(12-26-21)30-15-9-8-14-6-5-7-18(24)16(14)10-15/h8-13,18H,5-7,24H2,1-4H3,(H,25,26)(H,27,29)/t13-,18+/m0/s1. The van der Waals surface area contributed by atoms with E-state index >= 15 is 0 Å². The maximum Gasteiger partial charge on any atom is 0.255 e. The van der Waals surface area contributed by atoms with Crippen molar-refractivity contribution in [2.75, 3.05) is 0 Å². The number of aromatic amines is 1. The first-order valence-electron chi connectivity index (χ1n) is 10.4. The number of H-pyrrole nitrogens is 1. The number of aromatic nitrogens is 3. The van der Waals surface area contributed by atoms with Gasteiger partial charge in [-0.05, 0) is 54.9 Å². The number of amides is 1. The molecule has 3 aromatic rings. The van der Waals surface area contributed by atoms with Crippen LogP contribution in [0.2, 0.25) is 0 Å². The number of carbonyl (C=O) groups excluding carboxylic acids is 1. The molecule has 7 nitrogen and oxygen atoms in total. The average Bonchev–Trinajstić information content (AvgIpc) is 3.11. The second kappa shape index (κ2) is 7.72. The summed E-state index contributed by atoms with van der Waals surface area (Å²) < 4.78 is 5.97. The topological polar surface area (TPSA) is 106 Å². The third-order valence-corrected chi connectivity index (χ3v) is 5.95. The van der Waals surface area contributed by atoms with Crippen molar-refractivity contribution in [3.63, 3.8) is 0 Å². The lowest BCUT2D eigenvalue weighted by molar-refractivity contribution is 0.0911. The van der Waals surface area contributed by atoms with E-state index in [9.17, 15) is 4.79 Å². The normalized spacial score (nSPS) is 17.4. The fourth-order valence-electron chi connectivity index (χ4n) is 3.59. The molecule has 4 N–H and O–H groups in total. The SMILES string of the molecule is C[C@H](NC(=O)c1c[nH]c2ncc(Oc3ccc4c(c3)[C@H](N)CCC4)nc12)C(C)(C)C. The molecule has 30 heavy (non-hydrogen) atoms. The average molecular weight is 408 g/mol. The van der Waals surface area contributed by atoms with E-state index in [4.69, 9.17) is 10.5 Å². The van der Waals surface area contributed by atoms with Crippen LogP contribution in [-0.2, 0) is 6.42 Å². The van der Waals surface area contributed by atoms with E-state index in [0.717, 1.165) is 24.8 Å². The Bertz CT molecular complexity index is 1080. The monoisotopic (exact) mass is 407 g/mol. The number of nitrogens with zero attached hydrogens (tertiary/aromatic N) is 2. The highest BCUT2D eigenvalue weighted by molar-refractivity contribution is 6.04. The molecule has 1 aliphatic carbocycles. The molecule has 0 saturated heterocycles. The van der Waals surface area contributed by atoms with Gasteiger partial charge in [0.15, 0.2) is 5.65 Å². The smallest absolute Gasteiger partial charge is 0.255 e. The molecule has 1 amide bonds. The highest BCUT2D eigenvalue weighted by atomic mass is 16.5. The van der Waals surface area contributed by atoms with Crippen LogP contribution in [0.3, 0.4) is 0 Å². The van der Waals surface area contributed by atoms with E-state index in [1.54, 1.807) is 12.4 Å². The van der Waals surface area contributed by atoms with E-state index in [0.29, 0.717) is 28.4 Å². The molecule has 2 heterocycles. The van der Waals surface area contributed by atoms with Crippen molar-refractivity contribution < 1.29 is 9.53 Å². The summed E-state index contributed by atoms with van der Waals surface area (Å²) in [5.41, 5.74) is 10.1. The van der Waals surface area contributed by atoms with Crippen molar-refractivity contribution in [3.05, 3.63) is 47.3 Å².